The first-order valence-electron chi connectivity index (χ1n) is 8.80. The fourth-order valence-corrected chi connectivity index (χ4v) is 2.31. The van der Waals surface area contributed by atoms with E-state index in [1.54, 1.807) is 0 Å². The Balaban J connectivity index is 3.13. The standard InChI is InChI=1S/C19H37N/c1-4-6-15-19(3)16-13-11-9-8-10-12-14-18-20-17-7-5-2/h4,6,15,20H,5,7-14,16-18H2,1-3H3/b6-4+,19-15-. The normalized spacial score (nSPS) is 12.4. The van der Waals surface area contributed by atoms with Crippen LogP contribution in [0.3, 0.4) is 0 Å². The van der Waals surface area contributed by atoms with Crippen LogP contribution in [0.5, 0.6) is 0 Å². The molecule has 0 fully saturated rings. The third-order valence-electron chi connectivity index (χ3n) is 3.70. The van der Waals surface area contributed by atoms with Gasteiger partial charge in [0.1, 0.15) is 0 Å². The van der Waals surface area contributed by atoms with Crippen LogP contribution in [0.25, 0.3) is 0 Å². The molecule has 0 aromatic carbocycles. The van der Waals surface area contributed by atoms with Gasteiger partial charge in [-0.1, -0.05) is 69.2 Å². The van der Waals surface area contributed by atoms with Crippen LogP contribution < -0.4 is 5.32 Å². The molecule has 20 heavy (non-hydrogen) atoms. The molecule has 0 amide bonds. The van der Waals surface area contributed by atoms with Gasteiger partial charge in [-0.15, -0.1) is 0 Å². The predicted molar refractivity (Wildman–Crippen MR) is 93.3 cm³/mol. The maximum absolute atomic E-state index is 3.51. The summed E-state index contributed by atoms with van der Waals surface area (Å²) in [6.45, 7) is 8.99. The first-order chi connectivity index (χ1) is 9.81. The van der Waals surface area contributed by atoms with Crippen molar-refractivity contribution >= 4 is 0 Å². The van der Waals surface area contributed by atoms with Crippen LogP contribution in [0.15, 0.2) is 23.8 Å². The third kappa shape index (κ3) is 15.5. The quantitative estimate of drug-likeness (QED) is 0.303. The lowest BCUT2D eigenvalue weighted by molar-refractivity contribution is 0.551. The van der Waals surface area contributed by atoms with Gasteiger partial charge in [0.05, 0.1) is 0 Å². The van der Waals surface area contributed by atoms with E-state index in [4.69, 9.17) is 0 Å². The van der Waals surface area contributed by atoms with Crippen molar-refractivity contribution in [3.05, 3.63) is 23.8 Å². The highest BCUT2D eigenvalue weighted by Crippen LogP contribution is 2.12. The van der Waals surface area contributed by atoms with Crippen molar-refractivity contribution < 1.29 is 0 Å². The van der Waals surface area contributed by atoms with Crippen LogP contribution >= 0.6 is 0 Å². The van der Waals surface area contributed by atoms with Gasteiger partial charge in [-0.3, -0.25) is 0 Å². The van der Waals surface area contributed by atoms with Crippen LogP contribution in [-0.2, 0) is 0 Å². The summed E-state index contributed by atoms with van der Waals surface area (Å²) in [5.74, 6) is 0. The van der Waals surface area contributed by atoms with Crippen molar-refractivity contribution in [3.63, 3.8) is 0 Å². The minimum absolute atomic E-state index is 1.20. The SMILES string of the molecule is C/C=C/C=C(/C)CCCCCCCCCNCCCC. The highest BCUT2D eigenvalue weighted by atomic mass is 14.8. The summed E-state index contributed by atoms with van der Waals surface area (Å²) in [5.41, 5.74) is 1.52. The fraction of sp³-hybridized carbons (Fsp3) is 0.789. The molecular formula is C19H37N. The molecule has 0 atom stereocenters. The van der Waals surface area contributed by atoms with Gasteiger partial charge in [0.25, 0.3) is 0 Å². The van der Waals surface area contributed by atoms with E-state index in [0.717, 1.165) is 0 Å². The molecule has 1 heteroatoms. The molecule has 0 aliphatic carbocycles. The van der Waals surface area contributed by atoms with Crippen LogP contribution in [0, 0.1) is 0 Å². The van der Waals surface area contributed by atoms with E-state index in [0.29, 0.717) is 0 Å². The van der Waals surface area contributed by atoms with Crippen molar-refractivity contribution in [3.8, 4) is 0 Å². The van der Waals surface area contributed by atoms with Crippen molar-refractivity contribution in [1.29, 1.82) is 0 Å². The summed E-state index contributed by atoms with van der Waals surface area (Å²) >= 11 is 0. The average Bonchev–Trinajstić information content (AvgIpc) is 2.46. The second-order valence-electron chi connectivity index (χ2n) is 5.87. The summed E-state index contributed by atoms with van der Waals surface area (Å²) < 4.78 is 0. The van der Waals surface area contributed by atoms with Crippen molar-refractivity contribution in [2.75, 3.05) is 13.1 Å². The number of rotatable bonds is 14. The Hall–Kier alpha value is -0.560. The van der Waals surface area contributed by atoms with Crippen LogP contribution in [-0.4, -0.2) is 13.1 Å². The van der Waals surface area contributed by atoms with Crippen molar-refractivity contribution in [2.45, 2.75) is 85.0 Å². The molecule has 0 spiro atoms. The lowest BCUT2D eigenvalue weighted by Crippen LogP contribution is -2.16. The summed E-state index contributed by atoms with van der Waals surface area (Å²) in [7, 11) is 0. The average molecular weight is 280 g/mol. The van der Waals surface area contributed by atoms with Gasteiger partial charge in [0.2, 0.25) is 0 Å². The zero-order valence-electron chi connectivity index (χ0n) is 14.2. The Morgan fingerprint density at radius 3 is 2.10 bits per heavy atom. The number of nitrogens with one attached hydrogen (secondary N) is 1. The molecule has 0 saturated carbocycles. The number of hydrogen-bond acceptors (Lipinski definition) is 1. The van der Waals surface area contributed by atoms with E-state index >= 15 is 0 Å². The molecule has 0 bridgehead atoms. The topological polar surface area (TPSA) is 12.0 Å². The van der Waals surface area contributed by atoms with E-state index in [9.17, 15) is 0 Å². The summed E-state index contributed by atoms with van der Waals surface area (Å²) in [4.78, 5) is 0. The Bertz CT molecular complexity index is 240. The monoisotopic (exact) mass is 279 g/mol. The maximum Gasteiger partial charge on any atom is -0.00489 e. The second-order valence-corrected chi connectivity index (χ2v) is 5.87. The lowest BCUT2D eigenvalue weighted by atomic mass is 10.1. The maximum atomic E-state index is 3.51. The van der Waals surface area contributed by atoms with E-state index in [1.807, 2.05) is 0 Å². The molecular weight excluding hydrogens is 242 g/mol. The van der Waals surface area contributed by atoms with Gasteiger partial charge >= 0.3 is 0 Å². The van der Waals surface area contributed by atoms with Crippen molar-refractivity contribution in [1.82, 2.24) is 5.32 Å². The fourth-order valence-electron chi connectivity index (χ4n) is 2.31. The minimum atomic E-state index is 1.20. The highest BCUT2D eigenvalue weighted by Gasteiger charge is 1.93. The Morgan fingerprint density at radius 1 is 0.850 bits per heavy atom. The zero-order chi connectivity index (χ0) is 14.9. The van der Waals surface area contributed by atoms with Gasteiger partial charge in [-0.05, 0) is 52.6 Å². The lowest BCUT2D eigenvalue weighted by Gasteiger charge is -2.04. The number of allylic oxidation sites excluding steroid dienone is 4. The molecule has 0 heterocycles. The van der Waals surface area contributed by atoms with Gasteiger partial charge in [-0.2, -0.15) is 0 Å². The zero-order valence-corrected chi connectivity index (χ0v) is 14.2. The second kappa shape index (κ2) is 16.5. The van der Waals surface area contributed by atoms with Gasteiger partial charge < -0.3 is 5.32 Å². The first-order valence-corrected chi connectivity index (χ1v) is 8.80. The van der Waals surface area contributed by atoms with E-state index in [2.05, 4.69) is 44.3 Å². The highest BCUT2D eigenvalue weighted by molar-refractivity contribution is 5.09. The molecule has 0 saturated heterocycles. The molecule has 0 aromatic heterocycles. The van der Waals surface area contributed by atoms with E-state index < -0.39 is 0 Å². The molecule has 0 rings (SSSR count). The molecule has 0 radical (unpaired) electrons. The predicted octanol–water partition coefficient (Wildman–Crippen LogP) is 6.02. The van der Waals surface area contributed by atoms with Crippen LogP contribution in [0.4, 0.5) is 0 Å². The first kappa shape index (κ1) is 19.4. The van der Waals surface area contributed by atoms with E-state index in [-0.39, 0.29) is 0 Å². The Labute approximate surface area is 127 Å². The molecule has 0 aliphatic heterocycles. The molecule has 0 unspecified atom stereocenters. The Morgan fingerprint density at radius 2 is 1.45 bits per heavy atom. The molecule has 0 aromatic rings. The molecule has 0 aliphatic rings. The summed E-state index contributed by atoms with van der Waals surface area (Å²) in [6, 6.07) is 0. The van der Waals surface area contributed by atoms with Gasteiger partial charge in [0.15, 0.2) is 0 Å². The number of hydrogen-bond donors (Lipinski definition) is 1. The molecule has 1 nitrogen and oxygen atoms in total. The molecule has 118 valence electrons. The number of unbranched alkanes of at least 4 members (excludes halogenated alkanes) is 7. The van der Waals surface area contributed by atoms with Gasteiger partial charge in [-0.25, -0.2) is 0 Å². The van der Waals surface area contributed by atoms with E-state index in [1.165, 1.54) is 82.9 Å². The van der Waals surface area contributed by atoms with Crippen molar-refractivity contribution in [2.24, 2.45) is 0 Å². The smallest absolute Gasteiger partial charge is 0.00489 e. The Kier molecular flexibility index (Phi) is 16.0. The largest absolute Gasteiger partial charge is 0.317 e. The van der Waals surface area contributed by atoms with Gasteiger partial charge in [0, 0.05) is 0 Å². The third-order valence-corrected chi connectivity index (χ3v) is 3.70. The summed E-state index contributed by atoms with van der Waals surface area (Å²) in [5, 5.41) is 3.51. The minimum Gasteiger partial charge on any atom is -0.317 e. The van der Waals surface area contributed by atoms with Crippen LogP contribution in [0.1, 0.15) is 85.0 Å². The van der Waals surface area contributed by atoms with Crippen LogP contribution in [0.2, 0.25) is 0 Å². The summed E-state index contributed by atoms with van der Waals surface area (Å²) in [6.07, 6.45) is 20.2. The molecule has 1 N–H and O–H groups in total.